The van der Waals surface area contributed by atoms with Gasteiger partial charge in [0.2, 0.25) is 0 Å². The largest absolute Gasteiger partial charge is 3.00 e. The van der Waals surface area contributed by atoms with Gasteiger partial charge >= 0.3 is 91.8 Å². The van der Waals surface area contributed by atoms with E-state index in [1.54, 1.807) is 0 Å². The van der Waals surface area contributed by atoms with Gasteiger partial charge in [0.25, 0.3) is 0 Å². The van der Waals surface area contributed by atoms with Gasteiger partial charge in [-0.2, -0.15) is 0 Å². The van der Waals surface area contributed by atoms with E-state index in [1.807, 2.05) is 0 Å². The van der Waals surface area contributed by atoms with E-state index in [9.17, 15) is 8.22 Å². The van der Waals surface area contributed by atoms with E-state index in [0.717, 1.165) is 0 Å². The fourth-order valence-electron chi connectivity index (χ4n) is 0. The van der Waals surface area contributed by atoms with Crippen LogP contribution < -0.4 is 80.2 Å². The Labute approximate surface area is 144 Å². The molecule has 0 aliphatic carbocycles. The second kappa shape index (κ2) is 13.1. The summed E-state index contributed by atoms with van der Waals surface area (Å²) in [6, 6.07) is 0. The summed E-state index contributed by atoms with van der Waals surface area (Å²) in [5.41, 5.74) is 0. The third kappa shape index (κ3) is 283. The molecule has 0 aliphatic rings. The van der Waals surface area contributed by atoms with E-state index in [4.69, 9.17) is 28.8 Å². The third-order valence-corrected chi connectivity index (χ3v) is 0. The van der Waals surface area contributed by atoms with Crippen LogP contribution in [0.1, 0.15) is 0 Å². The average Bonchev–Trinajstić information content (AvgIpc) is 1.12. The van der Waals surface area contributed by atoms with Crippen LogP contribution in [0.3, 0.4) is 0 Å². The summed E-state index contributed by atoms with van der Waals surface area (Å²) in [4.78, 5) is 50.8. The van der Waals surface area contributed by atoms with Gasteiger partial charge in [-0.25, -0.2) is 0 Å². The van der Waals surface area contributed by atoms with Crippen LogP contribution in [0.2, 0.25) is 0 Å². The summed E-state index contributed by atoms with van der Waals surface area (Å²) in [7, 11) is -11.7. The van der Waals surface area contributed by atoms with Crippen molar-refractivity contribution >= 4 is 58.7 Å². The molecule has 64 valence electrons. The first kappa shape index (κ1) is 29.7. The minimum atomic E-state index is -5.86. The zero-order valence-electron chi connectivity index (χ0n) is 6.49. The molecule has 0 bridgehead atoms. The Hall–Kier alpha value is 2.99. The van der Waals surface area contributed by atoms with Crippen LogP contribution in [0.25, 0.3) is 0 Å². The van der Waals surface area contributed by atoms with Crippen molar-refractivity contribution in [3.8, 4) is 0 Å². The van der Waals surface area contributed by atoms with Crippen LogP contribution in [0, 0.1) is 0 Å². The second-order valence-electron chi connectivity index (χ2n) is 0.963. The Bertz CT molecular complexity index is 71.6. The molecule has 0 atom stereocenters. The van der Waals surface area contributed by atoms with Crippen molar-refractivity contribution in [1.29, 1.82) is 0 Å². The Balaban J connectivity index is -0.0000000267. The third-order valence-electron chi connectivity index (χ3n) is 0. The van der Waals surface area contributed by atoms with Gasteiger partial charge in [-0.1, -0.05) is 18.3 Å². The monoisotopic (exact) mass is 280 g/mol. The summed E-state index contributed by atoms with van der Waals surface area (Å²) < 4.78 is 20.3. The van der Waals surface area contributed by atoms with Gasteiger partial charge in [0.1, 0.15) is 0 Å². The average molecular weight is 281 g/mol. The first-order valence-electron chi connectivity index (χ1n) is 1.60. The molecule has 0 unspecified atom stereocenters. The zero-order chi connectivity index (χ0) is 9.00. The van der Waals surface area contributed by atoms with E-state index in [2.05, 4.69) is 0 Å². The molecule has 0 radical (unpaired) electrons. The van der Waals surface area contributed by atoms with Gasteiger partial charge in [0, 0.05) is 0 Å². The molecule has 0 heterocycles. The Morgan fingerprint density at radius 2 is 0.692 bits per heavy atom. The first-order chi connectivity index (χ1) is 4.00. The fourth-order valence-corrected chi connectivity index (χ4v) is 0. The molecule has 0 rings (SSSR count). The van der Waals surface area contributed by atoms with Crippen molar-refractivity contribution in [1.82, 2.24) is 0 Å². The normalized spacial score (nSPS) is 9.23. The van der Waals surface area contributed by atoms with Crippen molar-refractivity contribution in [2.45, 2.75) is 0 Å². The van der Waals surface area contributed by atoms with Gasteiger partial charge in [0.05, 0.1) is 0 Å². The van der Waals surface area contributed by atoms with Crippen LogP contribution in [-0.4, -0.2) is 58.7 Å². The Morgan fingerprint density at radius 1 is 0.692 bits per heavy atom. The summed E-state index contributed by atoms with van der Waals surface area (Å²) in [6.45, 7) is 0. The summed E-state index contributed by atoms with van der Waals surface area (Å²) in [5.74, 6) is 0. The molecule has 0 aliphatic heterocycles. The van der Waals surface area contributed by atoms with Crippen molar-refractivity contribution in [3.05, 3.63) is 0 Å². The SMILES string of the molecule is [Al+3].[K+].[Mg+2].[O-][Si]([O-])([O-])F.[O-][Si]([O-])([O-])F. The molecular formula is AlF2KMgO6Si2. The van der Waals surface area contributed by atoms with E-state index in [1.165, 1.54) is 0 Å². The van der Waals surface area contributed by atoms with Crippen molar-refractivity contribution in [2.75, 3.05) is 0 Å². The molecule has 0 N–H and O–H groups in total. The maximum atomic E-state index is 10.2. The predicted molar refractivity (Wildman–Crippen MR) is 25.2 cm³/mol. The molecule has 0 fully saturated rings. The fraction of sp³-hybridized carbons (Fsp3) is 0. The van der Waals surface area contributed by atoms with Crippen LogP contribution >= 0.6 is 0 Å². The standard InChI is InChI=1S/Al.2FO3Si.K.Mg/c;2*1-5(2,3)4;;/q+3;2*-3;+1;+2. The summed E-state index contributed by atoms with van der Waals surface area (Å²) >= 11 is 0. The molecule has 13 heteroatoms. The molecule has 0 saturated carbocycles. The first-order valence-corrected chi connectivity index (χ1v) is 4.81. The molecule has 0 aromatic carbocycles. The topological polar surface area (TPSA) is 138 Å². The maximum Gasteiger partial charge on any atom is 3.00 e. The van der Waals surface area contributed by atoms with Gasteiger partial charge in [-0.15, -0.1) is 0 Å². The van der Waals surface area contributed by atoms with E-state index in [0.29, 0.717) is 0 Å². The van der Waals surface area contributed by atoms with Crippen molar-refractivity contribution in [2.24, 2.45) is 0 Å². The quantitative estimate of drug-likeness (QED) is 0.319. The predicted octanol–water partition coefficient (Wildman–Crippen LogP) is -10.8. The van der Waals surface area contributed by atoms with Gasteiger partial charge in [-0.05, 0) is 0 Å². The minimum Gasteiger partial charge on any atom is -0.857 e. The number of halogens is 2. The number of rotatable bonds is 0. The van der Waals surface area contributed by atoms with Gasteiger partial charge in [-0.3, -0.25) is 0 Å². The van der Waals surface area contributed by atoms with E-state index in [-0.39, 0.29) is 91.8 Å². The molecule has 0 amide bonds. The smallest absolute Gasteiger partial charge is 0.857 e. The molecule has 0 aromatic rings. The number of hydrogen-bond donors (Lipinski definition) is 0. The molecule has 0 spiro atoms. The van der Waals surface area contributed by atoms with Crippen molar-refractivity contribution < 1.29 is 88.4 Å². The molecule has 0 saturated heterocycles. The van der Waals surface area contributed by atoms with E-state index >= 15 is 0 Å². The van der Waals surface area contributed by atoms with Crippen LogP contribution in [0.5, 0.6) is 0 Å². The molecule has 6 nitrogen and oxygen atoms in total. The van der Waals surface area contributed by atoms with Gasteiger partial charge in [0.15, 0.2) is 0 Å². The van der Waals surface area contributed by atoms with Crippen LogP contribution in [-0.2, 0) is 0 Å². The van der Waals surface area contributed by atoms with Crippen molar-refractivity contribution in [3.63, 3.8) is 0 Å². The Kier molecular flexibility index (Phi) is 29.9. The zero-order valence-corrected chi connectivity index (χ0v) is 14.2. The molecule has 13 heavy (non-hydrogen) atoms. The maximum absolute atomic E-state index is 10.2. The van der Waals surface area contributed by atoms with Crippen LogP contribution in [0.15, 0.2) is 0 Å². The van der Waals surface area contributed by atoms with Crippen LogP contribution in [0.4, 0.5) is 8.22 Å². The minimum absolute atomic E-state index is 0. The van der Waals surface area contributed by atoms with Gasteiger partial charge < -0.3 is 37.0 Å². The molecular weight excluding hydrogens is 281 g/mol. The second-order valence-corrected chi connectivity index (χ2v) is 2.89. The summed E-state index contributed by atoms with van der Waals surface area (Å²) in [5, 5.41) is 0. The van der Waals surface area contributed by atoms with E-state index < -0.39 is 18.3 Å². The molecule has 0 aromatic heterocycles. The summed E-state index contributed by atoms with van der Waals surface area (Å²) in [6.07, 6.45) is 0. The number of hydrogen-bond acceptors (Lipinski definition) is 6. The Morgan fingerprint density at radius 3 is 0.692 bits per heavy atom.